The number of hydrogen-bond acceptors (Lipinski definition) is 5. The normalized spacial score (nSPS) is 11.4. The molecule has 0 aliphatic heterocycles. The molecule has 0 fully saturated rings. The number of fused-ring (bicyclic) bond motifs is 3. The van der Waals surface area contributed by atoms with Crippen LogP contribution in [-0.2, 0) is 7.05 Å². The van der Waals surface area contributed by atoms with Crippen molar-refractivity contribution in [2.75, 3.05) is 0 Å². The van der Waals surface area contributed by atoms with Gasteiger partial charge in [-0.15, -0.1) is 10.2 Å². The molecule has 148 valence electrons. The van der Waals surface area contributed by atoms with Crippen LogP contribution in [0.25, 0.3) is 38.9 Å². The monoisotopic (exact) mass is 402 g/mol. The fraction of sp³-hybridized carbons (Fsp3) is 0.0952. The average molecular weight is 402 g/mol. The summed E-state index contributed by atoms with van der Waals surface area (Å²) in [6.07, 6.45) is 1.80. The number of halogens is 1. The summed E-state index contributed by atoms with van der Waals surface area (Å²) in [5.74, 6) is -1.51. The predicted octanol–water partition coefficient (Wildman–Crippen LogP) is 3.51. The molecule has 3 heterocycles. The van der Waals surface area contributed by atoms with Crippen LogP contribution in [0.4, 0.5) is 4.39 Å². The molecule has 0 spiro atoms. The summed E-state index contributed by atoms with van der Waals surface area (Å²) in [5.41, 5.74) is 3.87. The molecule has 0 radical (unpaired) electrons. The second-order valence-electron chi connectivity index (χ2n) is 6.96. The lowest BCUT2D eigenvalue weighted by atomic mass is 10.0. The summed E-state index contributed by atoms with van der Waals surface area (Å²) in [6.45, 7) is 1.84. The zero-order valence-electron chi connectivity index (χ0n) is 16.0. The van der Waals surface area contributed by atoms with E-state index in [-0.39, 0.29) is 5.56 Å². The molecule has 0 atom stereocenters. The first-order valence-corrected chi connectivity index (χ1v) is 9.11. The summed E-state index contributed by atoms with van der Waals surface area (Å²) in [7, 11) is 1.80. The van der Waals surface area contributed by atoms with Gasteiger partial charge in [-0.05, 0) is 37.3 Å². The highest BCUT2D eigenvalue weighted by Gasteiger charge is 2.20. The van der Waals surface area contributed by atoms with Gasteiger partial charge >= 0.3 is 5.97 Å². The molecule has 0 aliphatic carbocycles. The number of nitrogens with zero attached hydrogens (tertiary/aromatic N) is 6. The minimum absolute atomic E-state index is 0.0649. The Kier molecular flexibility index (Phi) is 3.85. The third-order valence-corrected chi connectivity index (χ3v) is 4.88. The number of carboxylic acids is 1. The van der Waals surface area contributed by atoms with Gasteiger partial charge in [0.1, 0.15) is 16.9 Å². The lowest BCUT2D eigenvalue weighted by molar-refractivity contribution is 0.0699. The standard InChI is InChI=1S/C21H15FN6O2/c1-11-15(10-27(2)24-11)18-9-14(21(29)30)19-16(23-18)6-7-17-20(19)26-28(25-17)13-5-3-4-12(22)8-13/h3-10H,1-2H3,(H,29,30). The van der Waals surface area contributed by atoms with Crippen LogP contribution in [0.2, 0.25) is 0 Å². The third kappa shape index (κ3) is 2.79. The summed E-state index contributed by atoms with van der Waals surface area (Å²) in [5, 5.41) is 23.4. The van der Waals surface area contributed by atoms with Gasteiger partial charge in [-0.25, -0.2) is 14.2 Å². The van der Waals surface area contributed by atoms with Gasteiger partial charge in [0.2, 0.25) is 0 Å². The first-order chi connectivity index (χ1) is 14.4. The number of benzene rings is 2. The van der Waals surface area contributed by atoms with E-state index in [2.05, 4.69) is 20.3 Å². The molecule has 5 aromatic rings. The van der Waals surface area contributed by atoms with Gasteiger partial charge in [-0.1, -0.05) is 6.07 Å². The molecule has 0 aliphatic rings. The van der Waals surface area contributed by atoms with Crippen molar-refractivity contribution >= 4 is 27.9 Å². The molecule has 5 rings (SSSR count). The van der Waals surface area contributed by atoms with Gasteiger partial charge in [0.05, 0.1) is 28.2 Å². The maximum absolute atomic E-state index is 13.6. The Labute approximate surface area is 169 Å². The van der Waals surface area contributed by atoms with Crippen LogP contribution in [0, 0.1) is 12.7 Å². The number of hydrogen-bond donors (Lipinski definition) is 1. The van der Waals surface area contributed by atoms with Gasteiger partial charge in [-0.2, -0.15) is 9.90 Å². The zero-order valence-corrected chi connectivity index (χ0v) is 16.0. The summed E-state index contributed by atoms with van der Waals surface area (Å²) in [6, 6.07) is 10.8. The number of aromatic carboxylic acids is 1. The number of rotatable bonds is 3. The minimum Gasteiger partial charge on any atom is -0.478 e. The quantitative estimate of drug-likeness (QED) is 0.496. The van der Waals surface area contributed by atoms with Crippen molar-refractivity contribution in [1.29, 1.82) is 0 Å². The lowest BCUT2D eigenvalue weighted by Gasteiger charge is -2.06. The first kappa shape index (κ1) is 17.9. The highest BCUT2D eigenvalue weighted by molar-refractivity contribution is 6.13. The van der Waals surface area contributed by atoms with Gasteiger partial charge < -0.3 is 5.11 Å². The molecule has 0 saturated carbocycles. The Morgan fingerprint density at radius 3 is 2.57 bits per heavy atom. The van der Waals surface area contributed by atoms with Crippen LogP contribution in [0.3, 0.4) is 0 Å². The van der Waals surface area contributed by atoms with E-state index in [1.165, 1.54) is 23.0 Å². The van der Waals surface area contributed by atoms with Crippen molar-refractivity contribution in [1.82, 2.24) is 29.8 Å². The number of carboxylic acid groups (broad SMARTS) is 1. The van der Waals surface area contributed by atoms with Gasteiger partial charge in [0, 0.05) is 30.3 Å². The Morgan fingerprint density at radius 1 is 1.07 bits per heavy atom. The minimum atomic E-state index is -1.10. The summed E-state index contributed by atoms with van der Waals surface area (Å²) in [4.78, 5) is 18.0. The van der Waals surface area contributed by atoms with Gasteiger partial charge in [-0.3, -0.25) is 4.68 Å². The molecule has 2 aromatic carbocycles. The molecule has 3 aromatic heterocycles. The SMILES string of the molecule is Cc1nn(C)cc1-c1cc(C(=O)O)c2c(ccc3nn(-c4cccc(F)c4)nc32)n1. The van der Waals surface area contributed by atoms with Crippen LogP contribution in [0.5, 0.6) is 0 Å². The van der Waals surface area contributed by atoms with Crippen LogP contribution in [-0.4, -0.2) is 40.8 Å². The molecule has 0 amide bonds. The Bertz CT molecular complexity index is 1470. The van der Waals surface area contributed by atoms with Crippen LogP contribution in [0.1, 0.15) is 16.1 Å². The van der Waals surface area contributed by atoms with E-state index < -0.39 is 11.8 Å². The zero-order chi connectivity index (χ0) is 21.0. The Hall–Kier alpha value is -4.14. The lowest BCUT2D eigenvalue weighted by Crippen LogP contribution is -2.01. The van der Waals surface area contributed by atoms with E-state index in [0.29, 0.717) is 33.3 Å². The topological polar surface area (TPSA) is 98.7 Å². The number of aromatic nitrogens is 6. The van der Waals surface area contributed by atoms with E-state index in [9.17, 15) is 14.3 Å². The molecule has 1 N–H and O–H groups in total. The number of carbonyl (C=O) groups is 1. The maximum atomic E-state index is 13.6. The second kappa shape index (κ2) is 6.45. The molecule has 0 saturated heterocycles. The fourth-order valence-corrected chi connectivity index (χ4v) is 3.57. The highest BCUT2D eigenvalue weighted by atomic mass is 19.1. The van der Waals surface area contributed by atoms with Crippen LogP contribution < -0.4 is 0 Å². The van der Waals surface area contributed by atoms with Crippen molar-refractivity contribution in [2.24, 2.45) is 7.05 Å². The number of aryl methyl sites for hydroxylation is 2. The first-order valence-electron chi connectivity index (χ1n) is 9.11. The Balaban J connectivity index is 1.79. The third-order valence-electron chi connectivity index (χ3n) is 4.88. The molecule has 8 nitrogen and oxygen atoms in total. The molecular weight excluding hydrogens is 387 g/mol. The molecule has 0 unspecified atom stereocenters. The van der Waals surface area contributed by atoms with E-state index >= 15 is 0 Å². The molecular formula is C21H15FN6O2. The fourth-order valence-electron chi connectivity index (χ4n) is 3.57. The smallest absolute Gasteiger partial charge is 0.336 e. The van der Waals surface area contributed by atoms with Crippen molar-refractivity contribution in [3.63, 3.8) is 0 Å². The van der Waals surface area contributed by atoms with E-state index in [0.717, 1.165) is 11.3 Å². The molecule has 9 heteroatoms. The van der Waals surface area contributed by atoms with Crippen molar-refractivity contribution < 1.29 is 14.3 Å². The number of pyridine rings is 1. The average Bonchev–Trinajstić information content (AvgIpc) is 3.29. The highest BCUT2D eigenvalue weighted by Crippen LogP contribution is 2.30. The van der Waals surface area contributed by atoms with Gasteiger partial charge in [0.15, 0.2) is 0 Å². The van der Waals surface area contributed by atoms with Crippen molar-refractivity contribution in [3.05, 3.63) is 65.7 Å². The van der Waals surface area contributed by atoms with Crippen molar-refractivity contribution in [2.45, 2.75) is 6.92 Å². The summed E-state index contributed by atoms with van der Waals surface area (Å²) >= 11 is 0. The maximum Gasteiger partial charge on any atom is 0.336 e. The molecule has 0 bridgehead atoms. The van der Waals surface area contributed by atoms with Crippen LogP contribution >= 0.6 is 0 Å². The second-order valence-corrected chi connectivity index (χ2v) is 6.96. The van der Waals surface area contributed by atoms with Gasteiger partial charge in [0.25, 0.3) is 0 Å². The Morgan fingerprint density at radius 2 is 1.87 bits per heavy atom. The van der Waals surface area contributed by atoms with E-state index in [1.807, 2.05) is 6.92 Å². The molecule has 30 heavy (non-hydrogen) atoms. The van der Waals surface area contributed by atoms with Crippen LogP contribution in [0.15, 0.2) is 48.7 Å². The predicted molar refractivity (Wildman–Crippen MR) is 108 cm³/mol. The van der Waals surface area contributed by atoms with E-state index in [1.54, 1.807) is 42.2 Å². The largest absolute Gasteiger partial charge is 0.478 e. The summed E-state index contributed by atoms with van der Waals surface area (Å²) < 4.78 is 15.3. The van der Waals surface area contributed by atoms with E-state index in [4.69, 9.17) is 0 Å². The van der Waals surface area contributed by atoms with Crippen molar-refractivity contribution in [3.8, 4) is 16.9 Å².